The molecule has 0 saturated carbocycles. The highest BCUT2D eigenvalue weighted by atomic mass is 15.3. The standard InChI is InChI=1S/C19H22N6/c1-12-8-15(13(2)21)17-16(9-12)18-22-14(10-20)11-25(18)19(23-17)24-6-4-3-5-7-24/h8-9,11,13H,3-7,21H2,1-2H3/t13-/m1/s1. The first kappa shape index (κ1) is 15.9. The number of imidazole rings is 1. The smallest absolute Gasteiger partial charge is 0.211 e. The average Bonchev–Trinajstić information content (AvgIpc) is 3.06. The predicted octanol–water partition coefficient (Wildman–Crippen LogP) is 3.07. The molecule has 0 amide bonds. The van der Waals surface area contributed by atoms with Gasteiger partial charge in [-0.3, -0.25) is 4.40 Å². The van der Waals surface area contributed by atoms with E-state index in [1.54, 1.807) is 6.20 Å². The maximum absolute atomic E-state index is 9.33. The van der Waals surface area contributed by atoms with Crippen LogP contribution in [0.1, 0.15) is 49.0 Å². The van der Waals surface area contributed by atoms with Crippen LogP contribution < -0.4 is 10.6 Å². The number of anilines is 1. The van der Waals surface area contributed by atoms with Crippen LogP contribution in [0.25, 0.3) is 16.6 Å². The second-order valence-electron chi connectivity index (χ2n) is 6.93. The van der Waals surface area contributed by atoms with Crippen LogP contribution in [0.4, 0.5) is 5.95 Å². The van der Waals surface area contributed by atoms with Gasteiger partial charge in [-0.2, -0.15) is 5.26 Å². The van der Waals surface area contributed by atoms with E-state index in [-0.39, 0.29) is 6.04 Å². The van der Waals surface area contributed by atoms with Crippen molar-refractivity contribution < 1.29 is 0 Å². The lowest BCUT2D eigenvalue weighted by molar-refractivity contribution is 0.567. The number of nitrogens with two attached hydrogens (primary N) is 1. The van der Waals surface area contributed by atoms with E-state index >= 15 is 0 Å². The molecule has 1 fully saturated rings. The molecule has 2 N–H and O–H groups in total. The van der Waals surface area contributed by atoms with E-state index < -0.39 is 0 Å². The van der Waals surface area contributed by atoms with Gasteiger partial charge >= 0.3 is 0 Å². The molecule has 1 aliphatic rings. The fourth-order valence-corrected chi connectivity index (χ4v) is 3.70. The minimum Gasteiger partial charge on any atom is -0.342 e. The second-order valence-corrected chi connectivity index (χ2v) is 6.93. The van der Waals surface area contributed by atoms with Gasteiger partial charge in [0.15, 0.2) is 11.3 Å². The molecule has 0 unspecified atom stereocenters. The van der Waals surface area contributed by atoms with Gasteiger partial charge in [0.1, 0.15) is 6.07 Å². The number of rotatable bonds is 2. The van der Waals surface area contributed by atoms with Crippen molar-refractivity contribution in [2.24, 2.45) is 5.73 Å². The fraction of sp³-hybridized carbons (Fsp3) is 0.421. The van der Waals surface area contributed by atoms with Crippen LogP contribution in [-0.2, 0) is 0 Å². The molecule has 6 nitrogen and oxygen atoms in total. The van der Waals surface area contributed by atoms with E-state index in [9.17, 15) is 5.26 Å². The van der Waals surface area contributed by atoms with Gasteiger partial charge in [-0.1, -0.05) is 6.07 Å². The number of hydrogen-bond donors (Lipinski definition) is 1. The number of aryl methyl sites for hydroxylation is 1. The Labute approximate surface area is 146 Å². The summed E-state index contributed by atoms with van der Waals surface area (Å²) in [5, 5.41) is 10.3. The first-order valence-electron chi connectivity index (χ1n) is 8.82. The second kappa shape index (κ2) is 6.01. The van der Waals surface area contributed by atoms with Crippen LogP contribution in [-0.4, -0.2) is 27.5 Å². The molecule has 2 aromatic heterocycles. The highest BCUT2D eigenvalue weighted by Crippen LogP contribution is 2.30. The maximum Gasteiger partial charge on any atom is 0.211 e. The monoisotopic (exact) mass is 334 g/mol. The van der Waals surface area contributed by atoms with Crippen LogP contribution in [0, 0.1) is 18.3 Å². The third-order valence-corrected chi connectivity index (χ3v) is 4.90. The summed E-state index contributed by atoms with van der Waals surface area (Å²) in [5.74, 6) is 0.863. The quantitative estimate of drug-likeness (QED) is 0.778. The number of nitrogens with zero attached hydrogens (tertiary/aromatic N) is 5. The van der Waals surface area contributed by atoms with Gasteiger partial charge in [0.25, 0.3) is 0 Å². The fourth-order valence-electron chi connectivity index (χ4n) is 3.70. The van der Waals surface area contributed by atoms with E-state index in [0.29, 0.717) is 5.69 Å². The first-order chi connectivity index (χ1) is 12.1. The van der Waals surface area contributed by atoms with Gasteiger partial charge in [0.2, 0.25) is 5.95 Å². The van der Waals surface area contributed by atoms with Crippen molar-refractivity contribution in [1.82, 2.24) is 14.4 Å². The molecule has 1 aromatic carbocycles. The summed E-state index contributed by atoms with van der Waals surface area (Å²) >= 11 is 0. The summed E-state index contributed by atoms with van der Waals surface area (Å²) in [6.07, 6.45) is 5.37. The molecule has 4 rings (SSSR count). The Morgan fingerprint density at radius 3 is 2.64 bits per heavy atom. The van der Waals surface area contributed by atoms with E-state index in [0.717, 1.165) is 59.6 Å². The number of nitriles is 1. The van der Waals surface area contributed by atoms with Crippen LogP contribution in [0.15, 0.2) is 18.3 Å². The number of hydrogen-bond acceptors (Lipinski definition) is 5. The summed E-state index contributed by atoms with van der Waals surface area (Å²) in [6.45, 7) is 5.99. The van der Waals surface area contributed by atoms with Gasteiger partial charge in [0.05, 0.1) is 11.7 Å². The van der Waals surface area contributed by atoms with Gasteiger partial charge in [-0.25, -0.2) is 9.97 Å². The Morgan fingerprint density at radius 2 is 1.96 bits per heavy atom. The molecular weight excluding hydrogens is 312 g/mol. The minimum atomic E-state index is -0.114. The zero-order chi connectivity index (χ0) is 17.6. The normalized spacial score (nSPS) is 16.3. The minimum absolute atomic E-state index is 0.114. The SMILES string of the molecule is Cc1cc([C@@H](C)N)c2nc(N3CCCCC3)n3cc(C#N)nc3c2c1. The third-order valence-electron chi connectivity index (χ3n) is 4.90. The molecule has 6 heteroatoms. The number of piperidine rings is 1. The molecule has 128 valence electrons. The van der Waals surface area contributed by atoms with Gasteiger partial charge in [-0.15, -0.1) is 0 Å². The number of aromatic nitrogens is 3. The Hall–Kier alpha value is -2.65. The molecule has 25 heavy (non-hydrogen) atoms. The Kier molecular flexibility index (Phi) is 3.81. The molecule has 1 aliphatic heterocycles. The van der Waals surface area contributed by atoms with Gasteiger partial charge in [0, 0.05) is 24.5 Å². The van der Waals surface area contributed by atoms with E-state index in [2.05, 4.69) is 35.0 Å². The molecule has 3 heterocycles. The highest BCUT2D eigenvalue weighted by Gasteiger charge is 2.21. The van der Waals surface area contributed by atoms with Crippen molar-refractivity contribution in [1.29, 1.82) is 5.26 Å². The van der Waals surface area contributed by atoms with Crippen molar-refractivity contribution in [2.45, 2.75) is 39.2 Å². The van der Waals surface area contributed by atoms with Crippen molar-refractivity contribution in [2.75, 3.05) is 18.0 Å². The first-order valence-corrected chi connectivity index (χ1v) is 8.82. The van der Waals surface area contributed by atoms with Gasteiger partial charge < -0.3 is 10.6 Å². The lowest BCUT2D eigenvalue weighted by Crippen LogP contribution is -2.32. The Bertz CT molecular complexity index is 989. The topological polar surface area (TPSA) is 83.2 Å². The number of benzene rings is 1. The van der Waals surface area contributed by atoms with E-state index in [4.69, 9.17) is 10.7 Å². The molecule has 0 aliphatic carbocycles. The van der Waals surface area contributed by atoms with Crippen molar-refractivity contribution >= 4 is 22.5 Å². The Balaban J connectivity index is 2.09. The molecule has 0 bridgehead atoms. The van der Waals surface area contributed by atoms with Crippen molar-refractivity contribution in [3.8, 4) is 6.07 Å². The van der Waals surface area contributed by atoms with Crippen LogP contribution >= 0.6 is 0 Å². The predicted molar refractivity (Wildman–Crippen MR) is 98.6 cm³/mol. The molecular formula is C19H22N6. The summed E-state index contributed by atoms with van der Waals surface area (Å²) in [4.78, 5) is 11.8. The highest BCUT2D eigenvalue weighted by molar-refractivity contribution is 5.95. The third kappa shape index (κ3) is 2.61. The zero-order valence-corrected chi connectivity index (χ0v) is 14.7. The molecule has 0 radical (unpaired) electrons. The van der Waals surface area contributed by atoms with Crippen molar-refractivity contribution in [3.05, 3.63) is 35.2 Å². The molecule has 1 atom stereocenters. The summed E-state index contributed by atoms with van der Waals surface area (Å²) < 4.78 is 1.97. The van der Waals surface area contributed by atoms with Gasteiger partial charge in [-0.05, 0) is 50.3 Å². The Morgan fingerprint density at radius 1 is 1.20 bits per heavy atom. The largest absolute Gasteiger partial charge is 0.342 e. The summed E-state index contributed by atoms with van der Waals surface area (Å²) in [6, 6.07) is 6.23. The average molecular weight is 334 g/mol. The van der Waals surface area contributed by atoms with Crippen LogP contribution in [0.2, 0.25) is 0 Å². The van der Waals surface area contributed by atoms with E-state index in [1.165, 1.54) is 6.42 Å². The molecule has 1 saturated heterocycles. The maximum atomic E-state index is 9.33. The van der Waals surface area contributed by atoms with E-state index in [1.807, 2.05) is 11.3 Å². The lowest BCUT2D eigenvalue weighted by atomic mass is 10.0. The lowest BCUT2D eigenvalue weighted by Gasteiger charge is -2.28. The molecule has 3 aromatic rings. The van der Waals surface area contributed by atoms with Crippen LogP contribution in [0.3, 0.4) is 0 Å². The number of fused-ring (bicyclic) bond motifs is 3. The van der Waals surface area contributed by atoms with Crippen molar-refractivity contribution in [3.63, 3.8) is 0 Å². The summed E-state index contributed by atoms with van der Waals surface area (Å²) in [7, 11) is 0. The molecule has 0 spiro atoms. The zero-order valence-electron chi connectivity index (χ0n) is 14.7. The van der Waals surface area contributed by atoms with Crippen LogP contribution in [0.5, 0.6) is 0 Å². The summed E-state index contributed by atoms with van der Waals surface area (Å²) in [5.41, 5.74) is 10.5.